The molecule has 3 N–H and O–H groups in total. The van der Waals surface area contributed by atoms with Gasteiger partial charge in [0.25, 0.3) is 5.91 Å². The van der Waals surface area contributed by atoms with E-state index in [1.54, 1.807) is 6.20 Å². The largest absolute Gasteiger partial charge is 0.416 e. The first kappa shape index (κ1) is 25.6. The molecule has 4 rings (SSSR count). The van der Waals surface area contributed by atoms with E-state index in [2.05, 4.69) is 36.4 Å². The molecular formula is C24H26BrF3N4O3. The smallest absolute Gasteiger partial charge is 0.384 e. The molecule has 7 nitrogen and oxygen atoms in total. The van der Waals surface area contributed by atoms with Crippen LogP contribution in [0.5, 0.6) is 0 Å². The highest BCUT2D eigenvalue weighted by Crippen LogP contribution is 2.39. The Balaban J connectivity index is 1.18. The average Bonchev–Trinajstić information content (AvgIpc) is 2.80. The number of hydrogen-bond donors (Lipinski definition) is 3. The van der Waals surface area contributed by atoms with Gasteiger partial charge in [-0.3, -0.25) is 19.5 Å². The zero-order valence-corrected chi connectivity index (χ0v) is 20.4. The summed E-state index contributed by atoms with van der Waals surface area (Å²) in [6, 6.07) is 8.04. The molecular weight excluding hydrogens is 529 g/mol. The lowest BCUT2D eigenvalue weighted by Gasteiger charge is -2.48. The molecule has 1 aliphatic heterocycles. The zero-order valence-electron chi connectivity index (χ0n) is 18.8. The number of likely N-dealkylation sites (tertiary alicyclic amines) is 1. The molecule has 1 aromatic carbocycles. The van der Waals surface area contributed by atoms with E-state index in [9.17, 15) is 27.9 Å². The van der Waals surface area contributed by atoms with Crippen molar-refractivity contribution in [2.75, 3.05) is 19.6 Å². The van der Waals surface area contributed by atoms with Crippen LogP contribution in [0.3, 0.4) is 0 Å². The van der Waals surface area contributed by atoms with Gasteiger partial charge in [-0.25, -0.2) is 0 Å². The summed E-state index contributed by atoms with van der Waals surface area (Å²) in [5, 5.41) is 16.2. The Hall–Kier alpha value is -2.50. The van der Waals surface area contributed by atoms with Crippen molar-refractivity contribution in [2.45, 2.75) is 49.5 Å². The maximum absolute atomic E-state index is 12.8. The Morgan fingerprint density at radius 2 is 1.89 bits per heavy atom. The molecule has 1 aromatic heterocycles. The normalized spacial score (nSPS) is 23.4. The number of nitrogens with zero attached hydrogens (tertiary/aromatic N) is 2. The lowest BCUT2D eigenvalue weighted by atomic mass is 9.78. The van der Waals surface area contributed by atoms with Crippen LogP contribution in [0.15, 0.2) is 47.1 Å². The molecule has 0 spiro atoms. The third-order valence-corrected chi connectivity index (χ3v) is 7.11. The van der Waals surface area contributed by atoms with Gasteiger partial charge < -0.3 is 15.7 Å². The molecule has 1 saturated heterocycles. The van der Waals surface area contributed by atoms with Crippen LogP contribution < -0.4 is 10.6 Å². The second-order valence-corrected chi connectivity index (χ2v) is 10.0. The van der Waals surface area contributed by atoms with Crippen LogP contribution in [0.2, 0.25) is 0 Å². The van der Waals surface area contributed by atoms with Crippen molar-refractivity contribution in [1.82, 2.24) is 20.5 Å². The molecule has 35 heavy (non-hydrogen) atoms. The van der Waals surface area contributed by atoms with Crippen LogP contribution in [0.25, 0.3) is 0 Å². The minimum Gasteiger partial charge on any atom is -0.384 e. The maximum atomic E-state index is 12.8. The number of benzene rings is 1. The fraction of sp³-hybridized carbons (Fsp3) is 0.458. The number of hydrogen-bond acceptors (Lipinski definition) is 5. The second-order valence-electron chi connectivity index (χ2n) is 9.10. The Labute approximate surface area is 209 Å². The molecule has 0 atom stereocenters. The van der Waals surface area contributed by atoms with Gasteiger partial charge in [0.05, 0.1) is 23.8 Å². The first-order chi connectivity index (χ1) is 16.5. The van der Waals surface area contributed by atoms with Crippen LogP contribution in [0, 0.1) is 0 Å². The summed E-state index contributed by atoms with van der Waals surface area (Å²) in [6.07, 6.45) is 0.00741. The summed E-state index contributed by atoms with van der Waals surface area (Å²) in [5.41, 5.74) is -1.32. The SMILES string of the molecule is O=C(CNC(=O)c1cccc(C(F)(F)F)c1)NC1CN(C2CCC(O)(c3ccc(Br)cn3)CC2)C1. The summed E-state index contributed by atoms with van der Waals surface area (Å²) in [4.78, 5) is 30.9. The van der Waals surface area contributed by atoms with E-state index in [1.807, 2.05) is 12.1 Å². The fourth-order valence-corrected chi connectivity index (χ4v) is 4.87. The number of pyridine rings is 1. The van der Waals surface area contributed by atoms with E-state index in [0.717, 1.165) is 35.5 Å². The van der Waals surface area contributed by atoms with Crippen LogP contribution in [0.4, 0.5) is 13.2 Å². The predicted octanol–water partition coefficient (Wildman–Crippen LogP) is 3.22. The van der Waals surface area contributed by atoms with Gasteiger partial charge in [0.1, 0.15) is 5.60 Å². The molecule has 2 amide bonds. The molecule has 1 aliphatic carbocycles. The highest BCUT2D eigenvalue weighted by Gasteiger charge is 2.41. The number of aromatic nitrogens is 1. The average molecular weight is 555 g/mol. The van der Waals surface area contributed by atoms with Crippen molar-refractivity contribution >= 4 is 27.7 Å². The summed E-state index contributed by atoms with van der Waals surface area (Å²) < 4.78 is 39.3. The van der Waals surface area contributed by atoms with Gasteiger partial charge in [0.2, 0.25) is 5.91 Å². The molecule has 2 aliphatic rings. The van der Waals surface area contributed by atoms with E-state index in [1.165, 1.54) is 6.07 Å². The molecule has 2 fully saturated rings. The lowest BCUT2D eigenvalue weighted by Crippen LogP contribution is -2.63. The van der Waals surface area contributed by atoms with Crippen molar-refractivity contribution in [3.63, 3.8) is 0 Å². The number of aliphatic hydroxyl groups is 1. The third kappa shape index (κ3) is 6.20. The molecule has 188 valence electrons. The van der Waals surface area contributed by atoms with Crippen molar-refractivity contribution < 1.29 is 27.9 Å². The summed E-state index contributed by atoms with van der Waals surface area (Å²) in [5.74, 6) is -1.13. The summed E-state index contributed by atoms with van der Waals surface area (Å²) >= 11 is 3.35. The maximum Gasteiger partial charge on any atom is 0.416 e. The van der Waals surface area contributed by atoms with E-state index < -0.39 is 29.2 Å². The second kappa shape index (κ2) is 10.2. The molecule has 0 unspecified atom stereocenters. The number of amides is 2. The number of rotatable bonds is 6. The number of carbonyl (C=O) groups excluding carboxylic acids is 2. The van der Waals surface area contributed by atoms with E-state index in [4.69, 9.17) is 0 Å². The van der Waals surface area contributed by atoms with Crippen LogP contribution >= 0.6 is 15.9 Å². The minimum absolute atomic E-state index is 0.0538. The van der Waals surface area contributed by atoms with Crippen LogP contribution in [-0.2, 0) is 16.6 Å². The fourth-order valence-electron chi connectivity index (χ4n) is 4.63. The van der Waals surface area contributed by atoms with Crippen molar-refractivity contribution in [2.24, 2.45) is 0 Å². The molecule has 1 saturated carbocycles. The van der Waals surface area contributed by atoms with Crippen LogP contribution in [-0.4, -0.2) is 58.5 Å². The summed E-state index contributed by atoms with van der Waals surface area (Å²) in [7, 11) is 0. The number of halogens is 4. The highest BCUT2D eigenvalue weighted by atomic mass is 79.9. The lowest BCUT2D eigenvalue weighted by molar-refractivity contribution is -0.137. The van der Waals surface area contributed by atoms with Crippen LogP contribution in [0.1, 0.15) is 47.3 Å². The Kier molecular flexibility index (Phi) is 7.48. The van der Waals surface area contributed by atoms with Gasteiger partial charge in [-0.05, 0) is 71.9 Å². The van der Waals surface area contributed by atoms with Crippen molar-refractivity contribution in [1.29, 1.82) is 0 Å². The molecule has 2 heterocycles. The Morgan fingerprint density at radius 3 is 2.51 bits per heavy atom. The van der Waals surface area contributed by atoms with Gasteiger partial charge in [-0.15, -0.1) is 0 Å². The van der Waals surface area contributed by atoms with Gasteiger partial charge in [-0.1, -0.05) is 6.07 Å². The zero-order chi connectivity index (χ0) is 25.2. The standard InChI is InChI=1S/C24H26BrF3N4O3/c25-17-4-5-20(29-11-17)23(35)8-6-19(7-9-23)32-13-18(14-32)31-21(33)12-30-22(34)15-2-1-3-16(10-15)24(26,27)28/h1-5,10-11,18-19,35H,6-9,12-14H2,(H,30,34)(H,31,33). The minimum atomic E-state index is -4.55. The van der Waals surface area contributed by atoms with E-state index >= 15 is 0 Å². The van der Waals surface area contributed by atoms with E-state index in [0.29, 0.717) is 37.7 Å². The van der Waals surface area contributed by atoms with E-state index in [-0.39, 0.29) is 18.2 Å². The molecule has 11 heteroatoms. The van der Waals surface area contributed by atoms with Gasteiger partial charge in [0, 0.05) is 35.4 Å². The highest BCUT2D eigenvalue weighted by molar-refractivity contribution is 9.10. The quantitative estimate of drug-likeness (QED) is 0.509. The van der Waals surface area contributed by atoms with Gasteiger partial charge in [-0.2, -0.15) is 13.2 Å². The molecule has 0 bridgehead atoms. The van der Waals surface area contributed by atoms with Gasteiger partial charge in [0.15, 0.2) is 0 Å². The topological polar surface area (TPSA) is 94.6 Å². The summed E-state index contributed by atoms with van der Waals surface area (Å²) in [6.45, 7) is 1.03. The molecule has 0 radical (unpaired) electrons. The number of alkyl halides is 3. The number of carbonyl (C=O) groups is 2. The first-order valence-corrected chi connectivity index (χ1v) is 12.2. The predicted molar refractivity (Wildman–Crippen MR) is 125 cm³/mol. The number of nitrogens with one attached hydrogen (secondary N) is 2. The van der Waals surface area contributed by atoms with Crippen molar-refractivity contribution in [3.8, 4) is 0 Å². The Morgan fingerprint density at radius 1 is 1.17 bits per heavy atom. The first-order valence-electron chi connectivity index (χ1n) is 11.4. The monoisotopic (exact) mass is 554 g/mol. The third-order valence-electron chi connectivity index (χ3n) is 6.64. The Bertz CT molecular complexity index is 1070. The molecule has 2 aromatic rings. The van der Waals surface area contributed by atoms with Gasteiger partial charge >= 0.3 is 6.18 Å². The van der Waals surface area contributed by atoms with Crippen molar-refractivity contribution in [3.05, 3.63) is 63.9 Å².